The number of nitrogens with zero attached hydrogens (tertiary/aromatic N) is 2. The molecule has 0 aliphatic heterocycles. The topological polar surface area (TPSA) is 38.9 Å². The fourth-order valence-electron chi connectivity index (χ4n) is 9.73. The maximum atomic E-state index is 6.32. The second-order valence-electron chi connectivity index (χ2n) is 15.6. The molecule has 0 saturated heterocycles. The van der Waals surface area contributed by atoms with Gasteiger partial charge in [0.1, 0.15) is 11.2 Å². The Balaban J connectivity index is 1.03. The molecule has 3 nitrogen and oxygen atoms in total. The zero-order valence-electron chi connectivity index (χ0n) is 32.6. The molecule has 9 aromatic carbocycles. The molecule has 0 amide bonds. The predicted molar refractivity (Wildman–Crippen MR) is 246 cm³/mol. The van der Waals surface area contributed by atoms with Crippen LogP contribution in [0.4, 0.5) is 0 Å². The number of fused-ring (bicyclic) bond motifs is 7. The van der Waals surface area contributed by atoms with Crippen LogP contribution in [-0.2, 0) is 5.41 Å². The molecule has 0 fully saturated rings. The van der Waals surface area contributed by atoms with Gasteiger partial charge in [0.25, 0.3) is 0 Å². The molecule has 2 heterocycles. The first kappa shape index (κ1) is 34.2. The smallest absolute Gasteiger partial charge is 0.160 e. The van der Waals surface area contributed by atoms with E-state index in [-0.39, 0.29) is 0 Å². The lowest BCUT2D eigenvalue weighted by Crippen LogP contribution is -2.28. The summed E-state index contributed by atoms with van der Waals surface area (Å²) >= 11 is 0. The average Bonchev–Trinajstić information content (AvgIpc) is 3.85. The molecule has 2 aromatic heterocycles. The predicted octanol–water partition coefficient (Wildman–Crippen LogP) is 14.6. The number of hydrogen-bond donors (Lipinski definition) is 0. The van der Waals surface area contributed by atoms with Crippen molar-refractivity contribution in [3.63, 3.8) is 0 Å². The Morgan fingerprint density at radius 2 is 0.883 bits per heavy atom. The molecule has 0 bridgehead atoms. The maximum Gasteiger partial charge on any atom is 0.160 e. The highest BCUT2D eigenvalue weighted by Crippen LogP contribution is 2.57. The minimum absolute atomic E-state index is 0.435. The van der Waals surface area contributed by atoms with Crippen LogP contribution < -0.4 is 0 Å². The molecule has 0 N–H and O–H groups in total. The summed E-state index contributed by atoms with van der Waals surface area (Å²) < 4.78 is 6.32. The molecule has 1 aliphatic rings. The Morgan fingerprint density at radius 1 is 0.317 bits per heavy atom. The SMILES string of the molecule is c1ccc(-c2nc(-c3ccc4c(c3)oc3ccccc34)cc(-c3ccc(-c4ccc5c(c4)-c4ccccc4C5(c4ccccc4)c4ccccc4)c4ccccc34)n2)cc1. The van der Waals surface area contributed by atoms with Crippen molar-refractivity contribution in [2.24, 2.45) is 0 Å². The highest BCUT2D eigenvalue weighted by molar-refractivity contribution is 6.07. The van der Waals surface area contributed by atoms with E-state index in [1.807, 2.05) is 30.3 Å². The molecule has 1 aliphatic carbocycles. The van der Waals surface area contributed by atoms with Crippen molar-refractivity contribution in [1.82, 2.24) is 9.97 Å². The van der Waals surface area contributed by atoms with Gasteiger partial charge in [0.2, 0.25) is 0 Å². The van der Waals surface area contributed by atoms with Crippen molar-refractivity contribution in [2.75, 3.05) is 0 Å². The van der Waals surface area contributed by atoms with Crippen LogP contribution in [-0.4, -0.2) is 9.97 Å². The Morgan fingerprint density at radius 3 is 1.65 bits per heavy atom. The highest BCUT2D eigenvalue weighted by atomic mass is 16.3. The summed E-state index contributed by atoms with van der Waals surface area (Å²) in [4.78, 5) is 10.4. The van der Waals surface area contributed by atoms with Gasteiger partial charge in [-0.1, -0.05) is 188 Å². The Bertz CT molecular complexity index is 3380. The van der Waals surface area contributed by atoms with Crippen LogP contribution in [0.15, 0.2) is 223 Å². The largest absolute Gasteiger partial charge is 0.456 e. The summed E-state index contributed by atoms with van der Waals surface area (Å²) in [5, 5.41) is 4.51. The molecule has 0 radical (unpaired) electrons. The van der Waals surface area contributed by atoms with E-state index >= 15 is 0 Å². The third-order valence-electron chi connectivity index (χ3n) is 12.4. The number of hydrogen-bond acceptors (Lipinski definition) is 3. The van der Waals surface area contributed by atoms with Crippen LogP contribution in [0.5, 0.6) is 0 Å². The van der Waals surface area contributed by atoms with Gasteiger partial charge in [0.05, 0.1) is 16.8 Å². The van der Waals surface area contributed by atoms with Gasteiger partial charge >= 0.3 is 0 Å². The summed E-state index contributed by atoms with van der Waals surface area (Å²) in [5.74, 6) is 0.679. The molecule has 60 heavy (non-hydrogen) atoms. The van der Waals surface area contributed by atoms with E-state index in [1.54, 1.807) is 0 Å². The van der Waals surface area contributed by atoms with Crippen LogP contribution in [0.1, 0.15) is 22.3 Å². The summed E-state index contributed by atoms with van der Waals surface area (Å²) in [5.41, 5.74) is 16.0. The number of rotatable bonds is 6. The minimum Gasteiger partial charge on any atom is -0.456 e. The Hall–Kier alpha value is -7.88. The first-order valence-electron chi connectivity index (χ1n) is 20.5. The molecular formula is C57H36N2O. The van der Waals surface area contributed by atoms with Crippen molar-refractivity contribution in [1.29, 1.82) is 0 Å². The summed E-state index contributed by atoms with van der Waals surface area (Å²) in [7, 11) is 0. The van der Waals surface area contributed by atoms with Gasteiger partial charge in [0, 0.05) is 27.5 Å². The van der Waals surface area contributed by atoms with E-state index in [2.05, 4.69) is 188 Å². The molecule has 0 unspecified atom stereocenters. The van der Waals surface area contributed by atoms with E-state index in [0.29, 0.717) is 5.82 Å². The Labute approximate surface area is 347 Å². The van der Waals surface area contributed by atoms with Crippen molar-refractivity contribution in [2.45, 2.75) is 5.41 Å². The normalized spacial score (nSPS) is 12.8. The van der Waals surface area contributed by atoms with Gasteiger partial charge < -0.3 is 4.42 Å². The van der Waals surface area contributed by atoms with Crippen LogP contribution in [0.3, 0.4) is 0 Å². The first-order valence-corrected chi connectivity index (χ1v) is 20.5. The third kappa shape index (κ3) is 5.23. The fraction of sp³-hybridized carbons (Fsp3) is 0.0175. The van der Waals surface area contributed by atoms with E-state index in [9.17, 15) is 0 Å². The van der Waals surface area contributed by atoms with E-state index in [0.717, 1.165) is 55.4 Å². The fourth-order valence-corrected chi connectivity index (χ4v) is 9.73. The minimum atomic E-state index is -0.435. The monoisotopic (exact) mass is 764 g/mol. The first-order chi connectivity index (χ1) is 29.7. The zero-order valence-corrected chi connectivity index (χ0v) is 32.6. The summed E-state index contributed by atoms with van der Waals surface area (Å²) in [6, 6.07) is 78.2. The summed E-state index contributed by atoms with van der Waals surface area (Å²) in [6.45, 7) is 0. The standard InChI is InChI=1S/C57H36N2O/c1-4-16-37(17-5-1)56-58-52(39-28-30-48-47-25-13-15-27-54(47)60-55(48)35-39)36-53(59-56)46-32-31-42(43-22-10-11-23-44(43)46)38-29-33-51-49(34-38)45-24-12-14-26-50(45)57(51,40-18-6-2-7-19-40)41-20-8-3-9-21-41/h1-36H. The van der Waals surface area contributed by atoms with Gasteiger partial charge in [-0.25, -0.2) is 9.97 Å². The van der Waals surface area contributed by atoms with E-state index in [4.69, 9.17) is 14.4 Å². The van der Waals surface area contributed by atoms with Crippen molar-refractivity contribution in [3.05, 3.63) is 241 Å². The quantitative estimate of drug-likeness (QED) is 0.169. The van der Waals surface area contributed by atoms with Crippen LogP contribution >= 0.6 is 0 Å². The average molecular weight is 765 g/mol. The lowest BCUT2D eigenvalue weighted by Gasteiger charge is -2.33. The summed E-state index contributed by atoms with van der Waals surface area (Å²) in [6.07, 6.45) is 0. The third-order valence-corrected chi connectivity index (χ3v) is 12.4. The Kier molecular flexibility index (Phi) is 7.76. The molecule has 3 heteroatoms. The second-order valence-corrected chi connectivity index (χ2v) is 15.6. The van der Waals surface area contributed by atoms with E-state index in [1.165, 1.54) is 49.9 Å². The molecule has 0 atom stereocenters. The zero-order chi connectivity index (χ0) is 39.6. The number of benzene rings is 9. The molecular weight excluding hydrogens is 729 g/mol. The van der Waals surface area contributed by atoms with Crippen LogP contribution in [0.2, 0.25) is 0 Å². The van der Waals surface area contributed by atoms with E-state index < -0.39 is 5.41 Å². The van der Waals surface area contributed by atoms with Gasteiger partial charge in [-0.2, -0.15) is 0 Å². The van der Waals surface area contributed by atoms with Crippen molar-refractivity contribution >= 4 is 32.7 Å². The molecule has 280 valence electrons. The van der Waals surface area contributed by atoms with Gasteiger partial charge in [-0.3, -0.25) is 0 Å². The van der Waals surface area contributed by atoms with Crippen molar-refractivity contribution in [3.8, 4) is 56.2 Å². The maximum absolute atomic E-state index is 6.32. The van der Waals surface area contributed by atoms with Crippen molar-refractivity contribution < 1.29 is 4.42 Å². The molecule has 12 rings (SSSR count). The lowest BCUT2D eigenvalue weighted by atomic mass is 9.67. The highest BCUT2D eigenvalue weighted by Gasteiger charge is 2.46. The number of furan rings is 1. The number of aromatic nitrogens is 2. The van der Waals surface area contributed by atoms with Gasteiger partial charge in [-0.05, 0) is 85.6 Å². The second kappa shape index (κ2) is 13.6. The number of para-hydroxylation sites is 1. The molecule has 0 spiro atoms. The molecule has 11 aromatic rings. The molecule has 0 saturated carbocycles. The van der Waals surface area contributed by atoms with Gasteiger partial charge in [-0.15, -0.1) is 0 Å². The van der Waals surface area contributed by atoms with Gasteiger partial charge in [0.15, 0.2) is 5.82 Å². The lowest BCUT2D eigenvalue weighted by molar-refractivity contribution is 0.669. The van der Waals surface area contributed by atoms with Crippen LogP contribution in [0.25, 0.3) is 88.9 Å². The van der Waals surface area contributed by atoms with Crippen LogP contribution in [0, 0.1) is 0 Å².